The van der Waals surface area contributed by atoms with Crippen LogP contribution in [0.4, 0.5) is 0 Å². The van der Waals surface area contributed by atoms with Crippen molar-refractivity contribution in [2.75, 3.05) is 13.2 Å². The molecular formula is C19H26O6. The first-order chi connectivity index (χ1) is 12.1. The standard InChI is InChI=1S/C19H26O6/c20-16-10-21-17(22-11-16)1-3-18(4-2-17)23-19(25-24-18)14-6-12-5-13(8-14)9-15(19)7-12/h12-15H,1-11H2. The van der Waals surface area contributed by atoms with Crippen LogP contribution in [0.15, 0.2) is 0 Å². The largest absolute Gasteiger partial charge is 0.342 e. The van der Waals surface area contributed by atoms with Gasteiger partial charge in [0.15, 0.2) is 11.6 Å². The van der Waals surface area contributed by atoms with Gasteiger partial charge in [0.25, 0.3) is 0 Å². The summed E-state index contributed by atoms with van der Waals surface area (Å²) in [5.41, 5.74) is 0. The third-order valence-corrected chi connectivity index (χ3v) is 7.71. The third-order valence-electron chi connectivity index (χ3n) is 7.71. The van der Waals surface area contributed by atoms with E-state index in [1.54, 1.807) is 0 Å². The van der Waals surface area contributed by atoms with Crippen LogP contribution in [0.3, 0.4) is 0 Å². The molecule has 0 aromatic carbocycles. The molecule has 7 aliphatic rings. The highest BCUT2D eigenvalue weighted by Crippen LogP contribution is 2.64. The first kappa shape index (κ1) is 15.5. The van der Waals surface area contributed by atoms with Gasteiger partial charge in [-0.3, -0.25) is 4.79 Å². The third kappa shape index (κ3) is 2.18. The molecule has 7 fully saturated rings. The van der Waals surface area contributed by atoms with Gasteiger partial charge in [-0.05, 0) is 43.9 Å². The van der Waals surface area contributed by atoms with Gasteiger partial charge < -0.3 is 14.2 Å². The fourth-order valence-corrected chi connectivity index (χ4v) is 6.60. The van der Waals surface area contributed by atoms with E-state index in [-0.39, 0.29) is 19.0 Å². The van der Waals surface area contributed by atoms with Crippen LogP contribution in [0.25, 0.3) is 0 Å². The average Bonchev–Trinajstić information content (AvgIpc) is 2.99. The van der Waals surface area contributed by atoms with Crippen molar-refractivity contribution in [3.8, 4) is 0 Å². The summed E-state index contributed by atoms with van der Waals surface area (Å²) < 4.78 is 18.1. The maximum Gasteiger partial charge on any atom is 0.210 e. The van der Waals surface area contributed by atoms with Gasteiger partial charge in [-0.25, -0.2) is 0 Å². The lowest BCUT2D eigenvalue weighted by Crippen LogP contribution is -2.59. The lowest BCUT2D eigenvalue weighted by Gasteiger charge is -2.57. The van der Waals surface area contributed by atoms with Crippen molar-refractivity contribution in [3.05, 3.63) is 0 Å². The molecule has 0 amide bonds. The molecule has 0 unspecified atom stereocenters. The summed E-state index contributed by atoms with van der Waals surface area (Å²) in [6.45, 7) is 0.310. The number of hydrogen-bond donors (Lipinski definition) is 0. The Morgan fingerprint density at radius 3 is 1.88 bits per heavy atom. The first-order valence-electron chi connectivity index (χ1n) is 9.95. The molecule has 3 spiro atoms. The molecule has 6 heteroatoms. The van der Waals surface area contributed by atoms with E-state index in [0.29, 0.717) is 37.5 Å². The zero-order valence-electron chi connectivity index (χ0n) is 14.5. The molecule has 0 aromatic heterocycles. The van der Waals surface area contributed by atoms with Crippen molar-refractivity contribution in [3.63, 3.8) is 0 Å². The summed E-state index contributed by atoms with van der Waals surface area (Å²) in [6.07, 6.45) is 9.06. The van der Waals surface area contributed by atoms with E-state index in [1.165, 1.54) is 32.1 Å². The number of hydrogen-bond acceptors (Lipinski definition) is 6. The van der Waals surface area contributed by atoms with Gasteiger partial charge in [0, 0.05) is 37.5 Å². The van der Waals surface area contributed by atoms with Crippen LogP contribution in [-0.4, -0.2) is 36.4 Å². The zero-order valence-corrected chi connectivity index (χ0v) is 14.5. The highest BCUT2D eigenvalue weighted by atomic mass is 17.3. The molecule has 2 aliphatic heterocycles. The van der Waals surface area contributed by atoms with Crippen LogP contribution in [0.1, 0.15) is 57.8 Å². The quantitative estimate of drug-likeness (QED) is 0.626. The Balaban J connectivity index is 1.19. The molecule has 7 rings (SSSR count). The van der Waals surface area contributed by atoms with Gasteiger partial charge >= 0.3 is 0 Å². The van der Waals surface area contributed by atoms with Crippen LogP contribution in [0, 0.1) is 23.7 Å². The molecule has 4 bridgehead atoms. The number of carbonyl (C=O) groups excluding carboxylic acids is 1. The highest BCUT2D eigenvalue weighted by Gasteiger charge is 2.67. The van der Waals surface area contributed by atoms with Crippen molar-refractivity contribution >= 4 is 5.78 Å². The minimum Gasteiger partial charge on any atom is -0.342 e. The summed E-state index contributed by atoms with van der Waals surface area (Å²) in [6, 6.07) is 0. The van der Waals surface area contributed by atoms with Crippen molar-refractivity contribution in [1.29, 1.82) is 0 Å². The van der Waals surface area contributed by atoms with Gasteiger partial charge in [0.1, 0.15) is 13.2 Å². The molecule has 0 radical (unpaired) electrons. The summed E-state index contributed by atoms with van der Waals surface area (Å²) in [5.74, 6) is 0.914. The second-order valence-electron chi connectivity index (χ2n) is 9.23. The van der Waals surface area contributed by atoms with E-state index in [4.69, 9.17) is 24.0 Å². The Morgan fingerprint density at radius 1 is 0.720 bits per heavy atom. The Kier molecular flexibility index (Phi) is 3.13. The monoisotopic (exact) mass is 350 g/mol. The van der Waals surface area contributed by atoms with Crippen molar-refractivity contribution < 1.29 is 28.8 Å². The maximum absolute atomic E-state index is 11.4. The van der Waals surface area contributed by atoms with Gasteiger partial charge in [0.2, 0.25) is 11.6 Å². The molecule has 0 N–H and O–H groups in total. The van der Waals surface area contributed by atoms with Crippen molar-refractivity contribution in [2.45, 2.75) is 75.1 Å². The van der Waals surface area contributed by atoms with Crippen LogP contribution in [0.5, 0.6) is 0 Å². The Labute approximate surface area is 147 Å². The molecule has 2 saturated heterocycles. The van der Waals surface area contributed by atoms with Gasteiger partial charge in [0.05, 0.1) is 0 Å². The van der Waals surface area contributed by atoms with Crippen LogP contribution in [0.2, 0.25) is 0 Å². The molecule has 6 nitrogen and oxygen atoms in total. The fraction of sp³-hybridized carbons (Fsp3) is 0.947. The van der Waals surface area contributed by atoms with E-state index in [1.807, 2.05) is 0 Å². The number of ketones is 1. The SMILES string of the molecule is O=C1COC2(CCC3(CC2)OOC2(O3)C3CC4CC(C3)CC2C4)OC1. The summed E-state index contributed by atoms with van der Waals surface area (Å²) >= 11 is 0. The zero-order chi connectivity index (χ0) is 16.7. The molecule has 0 atom stereocenters. The Bertz CT molecular complexity index is 553. The Hall–Kier alpha value is -0.530. The minimum absolute atomic E-state index is 0.00941. The van der Waals surface area contributed by atoms with Crippen molar-refractivity contribution in [1.82, 2.24) is 0 Å². The topological polar surface area (TPSA) is 63.2 Å². The van der Waals surface area contributed by atoms with E-state index < -0.39 is 17.4 Å². The number of ether oxygens (including phenoxy) is 3. The molecule has 138 valence electrons. The van der Waals surface area contributed by atoms with Crippen LogP contribution >= 0.6 is 0 Å². The molecule has 5 saturated carbocycles. The second kappa shape index (κ2) is 5.04. The maximum atomic E-state index is 11.4. The average molecular weight is 350 g/mol. The van der Waals surface area contributed by atoms with Gasteiger partial charge in [-0.15, -0.1) is 0 Å². The number of carbonyl (C=O) groups is 1. The van der Waals surface area contributed by atoms with E-state index in [2.05, 4.69) is 0 Å². The van der Waals surface area contributed by atoms with E-state index >= 15 is 0 Å². The van der Waals surface area contributed by atoms with Gasteiger partial charge in [-0.2, -0.15) is 9.78 Å². The van der Waals surface area contributed by atoms with E-state index in [9.17, 15) is 4.79 Å². The molecule has 0 aromatic rings. The number of Topliss-reactive ketones (excluding diaryl/α,β-unsaturated/α-hetero) is 1. The second-order valence-corrected chi connectivity index (χ2v) is 9.23. The summed E-state index contributed by atoms with van der Waals surface area (Å²) in [7, 11) is 0. The first-order valence-corrected chi connectivity index (χ1v) is 9.95. The van der Waals surface area contributed by atoms with Crippen LogP contribution < -0.4 is 0 Å². The molecule has 25 heavy (non-hydrogen) atoms. The summed E-state index contributed by atoms with van der Waals surface area (Å²) in [4.78, 5) is 23.3. The lowest BCUT2D eigenvalue weighted by molar-refractivity contribution is -0.393. The smallest absolute Gasteiger partial charge is 0.210 e. The molecule has 2 heterocycles. The molecule has 5 aliphatic carbocycles. The van der Waals surface area contributed by atoms with Crippen molar-refractivity contribution in [2.24, 2.45) is 23.7 Å². The Morgan fingerprint density at radius 2 is 1.28 bits per heavy atom. The van der Waals surface area contributed by atoms with E-state index in [0.717, 1.165) is 11.8 Å². The van der Waals surface area contributed by atoms with Gasteiger partial charge in [-0.1, -0.05) is 0 Å². The fourth-order valence-electron chi connectivity index (χ4n) is 6.60. The number of rotatable bonds is 0. The lowest BCUT2D eigenvalue weighted by atomic mass is 9.53. The minimum atomic E-state index is -0.658. The summed E-state index contributed by atoms with van der Waals surface area (Å²) in [5, 5.41) is 0. The predicted molar refractivity (Wildman–Crippen MR) is 83.9 cm³/mol. The molecular weight excluding hydrogens is 324 g/mol. The predicted octanol–water partition coefficient (Wildman–Crippen LogP) is 2.70. The highest BCUT2D eigenvalue weighted by molar-refractivity contribution is 5.81. The van der Waals surface area contributed by atoms with Crippen LogP contribution in [-0.2, 0) is 28.8 Å². The normalized spacial score (nSPS) is 49.5.